The molecule has 7 rings (SSSR count). The normalized spacial score (nSPS) is 18.2. The van der Waals surface area contributed by atoms with Crippen LogP contribution in [0.3, 0.4) is 0 Å². The largest absolute Gasteiger partial charge is 0.334 e. The SMILES string of the molecule is CC1(C)c2ccccc2N(c2ccc(Sc3cc(Sc4ccccc4)cc(Sc4ccccc4)c3)cc2)C2C=CC=CC21. The lowest BCUT2D eigenvalue weighted by atomic mass is 9.65. The van der Waals surface area contributed by atoms with Crippen molar-refractivity contribution < 1.29 is 0 Å². The van der Waals surface area contributed by atoms with Crippen LogP contribution >= 0.6 is 35.3 Å². The molecule has 0 spiro atoms. The van der Waals surface area contributed by atoms with E-state index in [4.69, 9.17) is 0 Å². The van der Waals surface area contributed by atoms with Crippen LogP contribution in [0.5, 0.6) is 0 Å². The second-order valence-corrected chi connectivity index (χ2v) is 14.9. The summed E-state index contributed by atoms with van der Waals surface area (Å²) in [5, 5.41) is 0. The van der Waals surface area contributed by atoms with E-state index in [9.17, 15) is 0 Å². The van der Waals surface area contributed by atoms with Gasteiger partial charge in [0, 0.05) is 52.1 Å². The molecule has 2 unspecified atom stereocenters. The zero-order valence-corrected chi connectivity index (χ0v) is 26.7. The molecule has 2 aliphatic rings. The summed E-state index contributed by atoms with van der Waals surface area (Å²) in [7, 11) is 0. The molecule has 0 amide bonds. The topological polar surface area (TPSA) is 3.24 Å². The zero-order valence-electron chi connectivity index (χ0n) is 24.3. The Balaban J connectivity index is 1.19. The van der Waals surface area contributed by atoms with Gasteiger partial charge < -0.3 is 4.90 Å². The number of anilines is 2. The van der Waals surface area contributed by atoms with Crippen molar-refractivity contribution in [2.24, 2.45) is 5.92 Å². The smallest absolute Gasteiger partial charge is 0.0596 e. The summed E-state index contributed by atoms with van der Waals surface area (Å²) in [6, 6.07) is 46.6. The molecule has 4 heteroatoms. The average molecular weight is 612 g/mol. The molecule has 0 fully saturated rings. The van der Waals surface area contributed by atoms with Gasteiger partial charge in [0.1, 0.15) is 0 Å². The van der Waals surface area contributed by atoms with E-state index < -0.39 is 0 Å². The first-order valence-electron chi connectivity index (χ1n) is 14.7. The van der Waals surface area contributed by atoms with Crippen LogP contribution in [-0.2, 0) is 5.41 Å². The number of hydrogen-bond acceptors (Lipinski definition) is 4. The number of rotatable bonds is 7. The Kier molecular flexibility index (Phi) is 8.01. The van der Waals surface area contributed by atoms with Gasteiger partial charge in [0.25, 0.3) is 0 Å². The minimum absolute atomic E-state index is 0.0626. The number of allylic oxidation sites excluding steroid dienone is 2. The summed E-state index contributed by atoms with van der Waals surface area (Å²) in [6.07, 6.45) is 9.17. The zero-order chi connectivity index (χ0) is 29.2. The molecule has 1 heterocycles. The van der Waals surface area contributed by atoms with Crippen molar-refractivity contribution in [1.29, 1.82) is 0 Å². The predicted molar refractivity (Wildman–Crippen MR) is 185 cm³/mol. The number of hydrogen-bond donors (Lipinski definition) is 0. The Morgan fingerprint density at radius 3 is 1.58 bits per heavy atom. The first kappa shape index (κ1) is 28.2. The second kappa shape index (κ2) is 12.2. The van der Waals surface area contributed by atoms with Crippen molar-refractivity contribution in [2.45, 2.75) is 54.7 Å². The molecule has 1 aliphatic heterocycles. The highest BCUT2D eigenvalue weighted by Crippen LogP contribution is 2.50. The molecule has 212 valence electrons. The van der Waals surface area contributed by atoms with E-state index >= 15 is 0 Å². The van der Waals surface area contributed by atoms with E-state index in [1.54, 1.807) is 0 Å². The van der Waals surface area contributed by atoms with Crippen molar-refractivity contribution in [3.8, 4) is 0 Å². The van der Waals surface area contributed by atoms with Crippen LogP contribution in [0.15, 0.2) is 181 Å². The van der Waals surface area contributed by atoms with Gasteiger partial charge in [0.05, 0.1) is 6.04 Å². The van der Waals surface area contributed by atoms with Gasteiger partial charge in [0.15, 0.2) is 0 Å². The van der Waals surface area contributed by atoms with Gasteiger partial charge in [-0.05, 0) is 78.4 Å². The Labute approximate surface area is 268 Å². The van der Waals surface area contributed by atoms with Crippen LogP contribution in [0.25, 0.3) is 0 Å². The summed E-state index contributed by atoms with van der Waals surface area (Å²) < 4.78 is 0. The Morgan fingerprint density at radius 2 is 1.00 bits per heavy atom. The molecule has 5 aromatic rings. The number of benzene rings is 5. The highest BCUT2D eigenvalue weighted by molar-refractivity contribution is 8.01. The molecular weight excluding hydrogens is 579 g/mol. The summed E-state index contributed by atoms with van der Waals surface area (Å²) in [5.41, 5.74) is 4.01. The highest BCUT2D eigenvalue weighted by Gasteiger charge is 2.44. The van der Waals surface area contributed by atoms with E-state index in [0.717, 1.165) is 0 Å². The van der Waals surface area contributed by atoms with Gasteiger partial charge in [-0.15, -0.1) is 0 Å². The van der Waals surface area contributed by atoms with E-state index in [0.29, 0.717) is 5.92 Å². The summed E-state index contributed by atoms with van der Waals surface area (Å²) >= 11 is 5.46. The molecule has 5 aromatic carbocycles. The van der Waals surface area contributed by atoms with Crippen LogP contribution in [0.4, 0.5) is 11.4 Å². The summed E-state index contributed by atoms with van der Waals surface area (Å²) in [5.74, 6) is 0.409. The Morgan fingerprint density at radius 1 is 0.512 bits per heavy atom. The van der Waals surface area contributed by atoms with Crippen molar-refractivity contribution >= 4 is 46.7 Å². The minimum atomic E-state index is 0.0626. The summed E-state index contributed by atoms with van der Waals surface area (Å²) in [4.78, 5) is 10.0. The third kappa shape index (κ3) is 5.97. The van der Waals surface area contributed by atoms with Gasteiger partial charge in [-0.25, -0.2) is 0 Å². The lowest BCUT2D eigenvalue weighted by molar-refractivity contribution is 0.332. The van der Waals surface area contributed by atoms with Crippen LogP contribution in [0, 0.1) is 5.92 Å². The molecular formula is C39H33NS3. The first-order chi connectivity index (χ1) is 21.0. The Hall–Kier alpha value is -3.57. The number of nitrogens with zero attached hydrogens (tertiary/aromatic N) is 1. The van der Waals surface area contributed by atoms with Gasteiger partial charge >= 0.3 is 0 Å². The van der Waals surface area contributed by atoms with Crippen LogP contribution < -0.4 is 4.90 Å². The third-order valence-corrected chi connectivity index (χ3v) is 11.2. The molecule has 0 N–H and O–H groups in total. The van der Waals surface area contributed by atoms with Crippen LogP contribution in [0.1, 0.15) is 19.4 Å². The lowest BCUT2D eigenvalue weighted by Gasteiger charge is -2.50. The summed E-state index contributed by atoms with van der Waals surface area (Å²) in [6.45, 7) is 4.78. The molecule has 0 saturated heterocycles. The molecule has 1 nitrogen and oxygen atoms in total. The maximum Gasteiger partial charge on any atom is 0.0596 e. The van der Waals surface area contributed by atoms with E-state index in [1.165, 1.54) is 46.3 Å². The average Bonchev–Trinajstić information content (AvgIpc) is 3.03. The third-order valence-electron chi connectivity index (χ3n) is 8.26. The fraction of sp³-hybridized carbons (Fsp3) is 0.128. The van der Waals surface area contributed by atoms with Crippen molar-refractivity contribution in [3.05, 3.63) is 157 Å². The molecule has 43 heavy (non-hydrogen) atoms. The first-order valence-corrected chi connectivity index (χ1v) is 17.1. The number of para-hydroxylation sites is 1. The van der Waals surface area contributed by atoms with Gasteiger partial charge in [-0.1, -0.05) is 128 Å². The number of fused-ring (bicyclic) bond motifs is 2. The van der Waals surface area contributed by atoms with Crippen LogP contribution in [-0.4, -0.2) is 6.04 Å². The van der Waals surface area contributed by atoms with Crippen molar-refractivity contribution in [1.82, 2.24) is 0 Å². The lowest BCUT2D eigenvalue weighted by Crippen LogP contribution is -2.49. The highest BCUT2D eigenvalue weighted by atomic mass is 32.2. The van der Waals surface area contributed by atoms with Crippen molar-refractivity contribution in [3.63, 3.8) is 0 Å². The molecule has 2 atom stereocenters. The molecule has 0 radical (unpaired) electrons. The minimum Gasteiger partial charge on any atom is -0.334 e. The fourth-order valence-corrected chi connectivity index (χ4v) is 9.19. The molecule has 0 aromatic heterocycles. The maximum absolute atomic E-state index is 2.53. The maximum atomic E-state index is 2.53. The molecule has 1 aliphatic carbocycles. The van der Waals surface area contributed by atoms with Gasteiger partial charge in [0.2, 0.25) is 0 Å². The van der Waals surface area contributed by atoms with E-state index in [-0.39, 0.29) is 11.5 Å². The quantitative estimate of drug-likeness (QED) is 0.180. The Bertz CT molecular complexity index is 1720. The monoisotopic (exact) mass is 611 g/mol. The molecule has 0 bridgehead atoms. The molecule has 0 saturated carbocycles. The van der Waals surface area contributed by atoms with Gasteiger partial charge in [-0.2, -0.15) is 0 Å². The van der Waals surface area contributed by atoms with Crippen molar-refractivity contribution in [2.75, 3.05) is 4.90 Å². The standard InChI is InChI=1S/C39H33NS3/c1-39(2)35-17-9-11-19-37(35)40(38-20-12-10-18-36(38)39)28-21-23-31(24-22-28)43-34-26-32(41-29-13-5-3-6-14-29)25-33(27-34)42-30-15-7-4-8-16-30/h3-27,35,37H,1-2H3. The predicted octanol–water partition coefficient (Wildman–Crippen LogP) is 11.7. The van der Waals surface area contributed by atoms with Gasteiger partial charge in [-0.3, -0.25) is 0 Å². The van der Waals surface area contributed by atoms with E-state index in [2.05, 4.69) is 170 Å². The van der Waals surface area contributed by atoms with E-state index in [1.807, 2.05) is 35.3 Å². The second-order valence-electron chi connectivity index (χ2n) is 11.5. The van der Waals surface area contributed by atoms with Crippen LogP contribution in [0.2, 0.25) is 0 Å². The fourth-order valence-electron chi connectivity index (χ4n) is 6.17.